The van der Waals surface area contributed by atoms with Crippen molar-refractivity contribution in [2.24, 2.45) is 0 Å². The van der Waals surface area contributed by atoms with Crippen molar-refractivity contribution in [2.45, 2.75) is 41.5 Å². The van der Waals surface area contributed by atoms with Crippen molar-refractivity contribution in [3.63, 3.8) is 0 Å². The van der Waals surface area contributed by atoms with Gasteiger partial charge in [0.25, 0.3) is 5.89 Å². The highest BCUT2D eigenvalue weighted by Crippen LogP contribution is 2.42. The summed E-state index contributed by atoms with van der Waals surface area (Å²) in [6.45, 7) is 7.99. The average molecular weight is 468 g/mol. The highest BCUT2D eigenvalue weighted by Gasteiger charge is 2.20. The van der Waals surface area contributed by atoms with Crippen molar-refractivity contribution < 1.29 is 29.6 Å². The lowest BCUT2D eigenvalue weighted by Gasteiger charge is -2.13. The monoisotopic (exact) mass is 467 g/mol. The topological polar surface area (TPSA) is 142 Å². The molecule has 0 aliphatic heterocycles. The summed E-state index contributed by atoms with van der Waals surface area (Å²) in [5.41, 5.74) is 2.81. The number of rotatable bonds is 4. The van der Waals surface area contributed by atoms with E-state index >= 15 is 0 Å². The normalized spacial score (nSPS) is 10.2. The fourth-order valence-electron chi connectivity index (χ4n) is 3.27. The number of aromatic carboxylic acids is 1. The molecule has 180 valence electrons. The van der Waals surface area contributed by atoms with E-state index in [9.17, 15) is 25.2 Å². The van der Waals surface area contributed by atoms with Crippen LogP contribution in [-0.4, -0.2) is 41.2 Å². The van der Waals surface area contributed by atoms with Gasteiger partial charge in [-0.3, -0.25) is 0 Å². The summed E-state index contributed by atoms with van der Waals surface area (Å²) in [5, 5.41) is 46.7. The van der Waals surface area contributed by atoms with E-state index in [0.29, 0.717) is 11.3 Å². The van der Waals surface area contributed by atoms with Crippen molar-refractivity contribution in [1.82, 2.24) is 14.8 Å². The Balaban J connectivity index is 0.000000970. The van der Waals surface area contributed by atoms with Crippen LogP contribution in [0, 0.1) is 13.8 Å². The smallest absolute Gasteiger partial charge is 0.337 e. The molecule has 0 saturated carbocycles. The van der Waals surface area contributed by atoms with Crippen molar-refractivity contribution in [2.75, 3.05) is 0 Å². The molecule has 0 saturated heterocycles. The second-order valence-corrected chi connectivity index (χ2v) is 7.44. The van der Waals surface area contributed by atoms with Crippen LogP contribution in [0.15, 0.2) is 46.9 Å². The van der Waals surface area contributed by atoms with Gasteiger partial charge in [0.05, 0.1) is 16.8 Å². The third-order valence-electron chi connectivity index (χ3n) is 4.77. The third kappa shape index (κ3) is 4.88. The zero-order valence-corrected chi connectivity index (χ0v) is 18.7. The molecule has 0 aliphatic carbocycles. The number of benzene rings is 2. The Morgan fingerprint density at radius 2 is 1.50 bits per heavy atom. The number of carboxylic acids is 1. The lowest BCUT2D eigenvalue weighted by Crippen LogP contribution is -2.08. The minimum Gasteiger partial charge on any atom is -0.504 e. The number of aryl methyl sites for hydroxylation is 2. The molecule has 4 rings (SSSR count). The van der Waals surface area contributed by atoms with Crippen LogP contribution in [0.25, 0.3) is 28.6 Å². The molecule has 4 aromatic rings. The lowest BCUT2D eigenvalue weighted by atomic mass is 10.1. The SMILES string of the molecule is C.CCC.Cc1ccc(C)n1-c1cc(-c2nnc(-c3ccc(O)c(O)c3O)o2)ccc1C(=O)O. The molecular weight excluding hydrogens is 438 g/mol. The Morgan fingerprint density at radius 3 is 2.09 bits per heavy atom. The first-order chi connectivity index (χ1) is 15.7. The number of nitrogens with zero attached hydrogens (tertiary/aromatic N) is 3. The molecule has 0 bridgehead atoms. The lowest BCUT2D eigenvalue weighted by molar-refractivity contribution is 0.0697. The maximum Gasteiger partial charge on any atom is 0.337 e. The summed E-state index contributed by atoms with van der Waals surface area (Å²) in [7, 11) is 0. The van der Waals surface area contributed by atoms with Gasteiger partial charge in [-0.2, -0.15) is 0 Å². The third-order valence-corrected chi connectivity index (χ3v) is 4.77. The zero-order valence-electron chi connectivity index (χ0n) is 18.7. The molecule has 0 radical (unpaired) electrons. The molecule has 0 aliphatic rings. The van der Waals surface area contributed by atoms with Gasteiger partial charge in [-0.05, 0) is 56.3 Å². The van der Waals surface area contributed by atoms with Crippen LogP contribution in [0.3, 0.4) is 0 Å². The van der Waals surface area contributed by atoms with E-state index in [1.54, 1.807) is 12.1 Å². The van der Waals surface area contributed by atoms with Crippen LogP contribution in [0.1, 0.15) is 49.4 Å². The minimum absolute atomic E-state index is 0. The summed E-state index contributed by atoms with van der Waals surface area (Å²) in [6.07, 6.45) is 1.25. The molecule has 9 heteroatoms. The van der Waals surface area contributed by atoms with Crippen LogP contribution < -0.4 is 0 Å². The van der Waals surface area contributed by atoms with Crippen molar-refractivity contribution >= 4 is 5.97 Å². The standard InChI is InChI=1S/C21H17N3O6.C3H8.CH4/c1-10-3-4-11(2)24(10)15-9-12(5-6-13(15)21(28)29)19-22-23-20(30-19)14-7-8-16(25)18(27)17(14)26;1-3-2;/h3-9,25-27H,1-2H3,(H,28,29);3H2,1-2H3;1H4. The fraction of sp³-hybridized carbons (Fsp3) is 0.240. The Morgan fingerprint density at radius 1 is 0.912 bits per heavy atom. The summed E-state index contributed by atoms with van der Waals surface area (Å²) in [5.74, 6) is -2.82. The van der Waals surface area contributed by atoms with Gasteiger partial charge >= 0.3 is 5.97 Å². The summed E-state index contributed by atoms with van der Waals surface area (Å²) in [6, 6.07) is 10.9. The van der Waals surface area contributed by atoms with Gasteiger partial charge in [-0.15, -0.1) is 10.2 Å². The van der Waals surface area contributed by atoms with Gasteiger partial charge in [-0.1, -0.05) is 27.7 Å². The number of phenols is 3. The van der Waals surface area contributed by atoms with Gasteiger partial charge in [0.1, 0.15) is 0 Å². The van der Waals surface area contributed by atoms with Crippen LogP contribution in [0.5, 0.6) is 17.2 Å². The fourth-order valence-corrected chi connectivity index (χ4v) is 3.27. The molecule has 0 fully saturated rings. The molecule has 0 atom stereocenters. The molecule has 2 aromatic heterocycles. The summed E-state index contributed by atoms with van der Waals surface area (Å²) < 4.78 is 7.45. The van der Waals surface area contributed by atoms with Gasteiger partial charge in [-0.25, -0.2) is 4.79 Å². The molecule has 0 unspecified atom stereocenters. The van der Waals surface area contributed by atoms with E-state index in [4.69, 9.17) is 4.42 Å². The number of aromatic nitrogens is 3. The maximum atomic E-state index is 11.7. The van der Waals surface area contributed by atoms with E-state index in [1.165, 1.54) is 24.6 Å². The van der Waals surface area contributed by atoms with Gasteiger partial charge < -0.3 is 29.4 Å². The number of hydrogen-bond donors (Lipinski definition) is 4. The van der Waals surface area contributed by atoms with Crippen LogP contribution in [0.4, 0.5) is 0 Å². The number of carbonyl (C=O) groups is 1. The molecule has 4 N–H and O–H groups in total. The first kappa shape index (κ1) is 26.0. The van der Waals surface area contributed by atoms with E-state index in [-0.39, 0.29) is 30.3 Å². The zero-order chi connectivity index (χ0) is 24.3. The molecular formula is C25H29N3O6. The maximum absolute atomic E-state index is 11.7. The Hall–Kier alpha value is -4.27. The molecule has 9 nitrogen and oxygen atoms in total. The highest BCUT2D eigenvalue weighted by atomic mass is 16.4. The number of hydrogen-bond acceptors (Lipinski definition) is 7. The first-order valence-corrected chi connectivity index (χ1v) is 10.3. The average Bonchev–Trinajstić information content (AvgIpc) is 3.39. The highest BCUT2D eigenvalue weighted by molar-refractivity contribution is 5.93. The second-order valence-electron chi connectivity index (χ2n) is 7.44. The Labute approximate surface area is 197 Å². The minimum atomic E-state index is -1.07. The van der Waals surface area contributed by atoms with Crippen LogP contribution in [-0.2, 0) is 0 Å². The van der Waals surface area contributed by atoms with Crippen LogP contribution in [0.2, 0.25) is 0 Å². The molecule has 2 heterocycles. The largest absolute Gasteiger partial charge is 0.504 e. The van der Waals surface area contributed by atoms with Crippen LogP contribution >= 0.6 is 0 Å². The predicted molar refractivity (Wildman–Crippen MR) is 129 cm³/mol. The first-order valence-electron chi connectivity index (χ1n) is 10.3. The quantitative estimate of drug-likeness (QED) is 0.281. The second kappa shape index (κ2) is 10.6. The van der Waals surface area contributed by atoms with Crippen molar-refractivity contribution in [1.29, 1.82) is 0 Å². The van der Waals surface area contributed by atoms with Gasteiger partial charge in [0, 0.05) is 17.0 Å². The summed E-state index contributed by atoms with van der Waals surface area (Å²) in [4.78, 5) is 11.7. The van der Waals surface area contributed by atoms with E-state index in [2.05, 4.69) is 24.0 Å². The summed E-state index contributed by atoms with van der Waals surface area (Å²) >= 11 is 0. The number of phenolic OH excluding ortho intramolecular Hbond substituents is 3. The molecule has 2 aromatic carbocycles. The van der Waals surface area contributed by atoms with Crippen molar-refractivity contribution in [3.8, 4) is 45.8 Å². The van der Waals surface area contributed by atoms with E-state index in [1.807, 2.05) is 30.5 Å². The van der Waals surface area contributed by atoms with Crippen molar-refractivity contribution in [3.05, 3.63) is 59.4 Å². The molecule has 0 spiro atoms. The van der Waals surface area contributed by atoms with E-state index in [0.717, 1.165) is 11.4 Å². The van der Waals surface area contributed by atoms with Gasteiger partial charge in [0.2, 0.25) is 11.6 Å². The molecule has 0 amide bonds. The number of carboxylic acid groups (broad SMARTS) is 1. The predicted octanol–water partition coefficient (Wildman–Crippen LogP) is 5.68. The van der Waals surface area contributed by atoms with Gasteiger partial charge in [0.15, 0.2) is 11.5 Å². The number of aromatic hydroxyl groups is 3. The van der Waals surface area contributed by atoms with E-state index < -0.39 is 23.2 Å². The Bertz CT molecular complexity index is 1290. The molecule has 34 heavy (non-hydrogen) atoms. The Kier molecular flexibility index (Phi) is 8.07.